The number of fused-ring (bicyclic) bond motifs is 1. The van der Waals surface area contributed by atoms with Crippen molar-refractivity contribution in [2.75, 3.05) is 11.9 Å². The van der Waals surface area contributed by atoms with Gasteiger partial charge in [0.1, 0.15) is 0 Å². The molecule has 0 saturated carbocycles. The predicted molar refractivity (Wildman–Crippen MR) is 107 cm³/mol. The van der Waals surface area contributed by atoms with Crippen LogP contribution in [0.25, 0.3) is 10.9 Å². The number of ether oxygens (including phenoxy) is 1. The zero-order valence-corrected chi connectivity index (χ0v) is 15.7. The first-order chi connectivity index (χ1) is 13.6. The zero-order valence-electron chi connectivity index (χ0n) is 15.7. The molecule has 144 valence electrons. The van der Waals surface area contributed by atoms with Crippen molar-refractivity contribution in [2.24, 2.45) is 0 Å². The van der Waals surface area contributed by atoms with E-state index in [9.17, 15) is 14.4 Å². The number of hydrogen-bond donors (Lipinski definition) is 1. The van der Waals surface area contributed by atoms with Crippen molar-refractivity contribution in [1.29, 1.82) is 0 Å². The first-order valence-electron chi connectivity index (χ1n) is 9.25. The minimum atomic E-state index is -0.385. The average Bonchev–Trinajstić information content (AvgIpc) is 3.15. The molecule has 0 radical (unpaired) electrons. The largest absolute Gasteiger partial charge is 0.462 e. The summed E-state index contributed by atoms with van der Waals surface area (Å²) in [6.07, 6.45) is 2.66. The summed E-state index contributed by atoms with van der Waals surface area (Å²) in [6, 6.07) is 16.0. The minimum absolute atomic E-state index is 0.0750. The SMILES string of the molecule is CCCOC(=O)c1ccc(NC(=O)CCC(=O)n2ccc3ccccc32)cc1. The molecule has 0 atom stereocenters. The Morgan fingerprint density at radius 3 is 2.46 bits per heavy atom. The number of rotatable bonds is 7. The van der Waals surface area contributed by atoms with Gasteiger partial charge < -0.3 is 10.1 Å². The molecule has 3 rings (SSSR count). The van der Waals surface area contributed by atoms with Gasteiger partial charge in [-0.15, -0.1) is 0 Å². The molecule has 6 heteroatoms. The van der Waals surface area contributed by atoms with Crippen molar-refractivity contribution in [3.8, 4) is 0 Å². The van der Waals surface area contributed by atoms with Crippen LogP contribution >= 0.6 is 0 Å². The number of hydrogen-bond acceptors (Lipinski definition) is 4. The number of anilines is 1. The second-order valence-electron chi connectivity index (χ2n) is 6.40. The van der Waals surface area contributed by atoms with E-state index in [2.05, 4.69) is 5.32 Å². The van der Waals surface area contributed by atoms with Crippen LogP contribution in [0, 0.1) is 0 Å². The highest BCUT2D eigenvalue weighted by atomic mass is 16.5. The number of aromatic nitrogens is 1. The van der Waals surface area contributed by atoms with Crippen LogP contribution in [-0.4, -0.2) is 29.0 Å². The lowest BCUT2D eigenvalue weighted by molar-refractivity contribution is -0.116. The predicted octanol–water partition coefficient (Wildman–Crippen LogP) is 4.27. The third-order valence-electron chi connectivity index (χ3n) is 4.28. The van der Waals surface area contributed by atoms with Gasteiger partial charge in [-0.1, -0.05) is 25.1 Å². The van der Waals surface area contributed by atoms with E-state index in [-0.39, 0.29) is 30.6 Å². The zero-order chi connectivity index (χ0) is 19.9. The molecule has 28 heavy (non-hydrogen) atoms. The number of nitrogens with zero attached hydrogens (tertiary/aromatic N) is 1. The molecule has 3 aromatic rings. The molecule has 1 N–H and O–H groups in total. The van der Waals surface area contributed by atoms with E-state index in [0.29, 0.717) is 17.9 Å². The Labute approximate surface area is 163 Å². The summed E-state index contributed by atoms with van der Waals surface area (Å²) in [5.74, 6) is -0.777. The third kappa shape index (κ3) is 4.65. The summed E-state index contributed by atoms with van der Waals surface area (Å²) in [4.78, 5) is 36.3. The molecule has 0 fully saturated rings. The van der Waals surface area contributed by atoms with Gasteiger partial charge in [-0.2, -0.15) is 0 Å². The quantitative estimate of drug-likeness (QED) is 0.623. The van der Waals surface area contributed by atoms with E-state index in [4.69, 9.17) is 4.74 Å². The van der Waals surface area contributed by atoms with Crippen molar-refractivity contribution < 1.29 is 19.1 Å². The minimum Gasteiger partial charge on any atom is -0.462 e. The van der Waals surface area contributed by atoms with Crippen molar-refractivity contribution in [3.63, 3.8) is 0 Å². The summed E-state index contributed by atoms with van der Waals surface area (Å²) in [6.45, 7) is 2.30. The Bertz CT molecular complexity index is 989. The number of carbonyl (C=O) groups is 3. The molecule has 0 spiro atoms. The van der Waals surface area contributed by atoms with Crippen LogP contribution in [0.4, 0.5) is 5.69 Å². The third-order valence-corrected chi connectivity index (χ3v) is 4.28. The maximum absolute atomic E-state index is 12.4. The Balaban J connectivity index is 1.53. The number of para-hydroxylation sites is 1. The molecule has 0 aliphatic rings. The van der Waals surface area contributed by atoms with E-state index >= 15 is 0 Å². The molecular weight excluding hydrogens is 356 g/mol. The van der Waals surface area contributed by atoms with Crippen LogP contribution in [0.1, 0.15) is 41.3 Å². The average molecular weight is 378 g/mol. The fourth-order valence-corrected chi connectivity index (χ4v) is 2.83. The lowest BCUT2D eigenvalue weighted by atomic mass is 10.2. The molecule has 6 nitrogen and oxygen atoms in total. The number of esters is 1. The van der Waals surface area contributed by atoms with E-state index in [0.717, 1.165) is 17.3 Å². The van der Waals surface area contributed by atoms with Gasteiger partial charge in [-0.3, -0.25) is 14.2 Å². The molecule has 1 amide bonds. The highest BCUT2D eigenvalue weighted by molar-refractivity contribution is 5.97. The second kappa shape index (κ2) is 8.99. The van der Waals surface area contributed by atoms with Crippen LogP contribution in [0.5, 0.6) is 0 Å². The van der Waals surface area contributed by atoms with Gasteiger partial charge in [-0.05, 0) is 42.8 Å². The summed E-state index contributed by atoms with van der Waals surface area (Å²) in [7, 11) is 0. The van der Waals surface area contributed by atoms with Gasteiger partial charge in [0.15, 0.2) is 0 Å². The Morgan fingerprint density at radius 1 is 0.964 bits per heavy atom. The number of amides is 1. The summed E-state index contributed by atoms with van der Waals surface area (Å²) < 4.78 is 6.63. The first-order valence-corrected chi connectivity index (χ1v) is 9.25. The number of benzene rings is 2. The van der Waals surface area contributed by atoms with Crippen molar-refractivity contribution in [3.05, 3.63) is 66.4 Å². The van der Waals surface area contributed by atoms with E-state index in [1.165, 1.54) is 0 Å². The van der Waals surface area contributed by atoms with Gasteiger partial charge in [0.2, 0.25) is 11.8 Å². The molecule has 0 saturated heterocycles. The van der Waals surface area contributed by atoms with Gasteiger partial charge >= 0.3 is 5.97 Å². The topological polar surface area (TPSA) is 77.4 Å². The molecule has 2 aromatic carbocycles. The normalized spacial score (nSPS) is 10.6. The van der Waals surface area contributed by atoms with Gasteiger partial charge in [-0.25, -0.2) is 4.79 Å². The summed E-state index contributed by atoms with van der Waals surface area (Å²) in [5.41, 5.74) is 1.83. The molecule has 0 aliphatic carbocycles. The fraction of sp³-hybridized carbons (Fsp3) is 0.227. The van der Waals surface area contributed by atoms with Gasteiger partial charge in [0.25, 0.3) is 0 Å². The lowest BCUT2D eigenvalue weighted by Gasteiger charge is -2.07. The van der Waals surface area contributed by atoms with Crippen molar-refractivity contribution >= 4 is 34.4 Å². The monoisotopic (exact) mass is 378 g/mol. The van der Waals surface area contributed by atoms with Crippen molar-refractivity contribution in [2.45, 2.75) is 26.2 Å². The molecular formula is C22H22N2O4. The van der Waals surface area contributed by atoms with Crippen LogP contribution in [0.15, 0.2) is 60.8 Å². The van der Waals surface area contributed by atoms with Crippen molar-refractivity contribution in [1.82, 2.24) is 4.57 Å². The Hall–Kier alpha value is -3.41. The maximum Gasteiger partial charge on any atom is 0.338 e. The second-order valence-corrected chi connectivity index (χ2v) is 6.40. The molecule has 0 bridgehead atoms. The molecule has 1 heterocycles. The molecule has 0 unspecified atom stereocenters. The standard InChI is InChI=1S/C22H22N2O4/c1-2-15-28-22(27)17-7-9-18(10-8-17)23-20(25)11-12-21(26)24-14-13-16-5-3-4-6-19(16)24/h3-10,13-14H,2,11-12,15H2,1H3,(H,23,25). The first kappa shape index (κ1) is 19.4. The number of nitrogens with one attached hydrogen (secondary N) is 1. The van der Waals surface area contributed by atoms with Crippen LogP contribution in [0.3, 0.4) is 0 Å². The van der Waals surface area contributed by atoms with E-state index in [1.807, 2.05) is 37.3 Å². The van der Waals surface area contributed by atoms with Gasteiger partial charge in [0, 0.05) is 30.1 Å². The maximum atomic E-state index is 12.4. The van der Waals surface area contributed by atoms with Crippen LogP contribution in [-0.2, 0) is 9.53 Å². The highest BCUT2D eigenvalue weighted by Crippen LogP contribution is 2.16. The molecule has 0 aliphatic heterocycles. The fourth-order valence-electron chi connectivity index (χ4n) is 2.83. The summed E-state index contributed by atoms with van der Waals surface area (Å²) >= 11 is 0. The lowest BCUT2D eigenvalue weighted by Crippen LogP contribution is -2.16. The molecule has 1 aromatic heterocycles. The smallest absolute Gasteiger partial charge is 0.338 e. The number of carbonyl (C=O) groups excluding carboxylic acids is 3. The van der Waals surface area contributed by atoms with Gasteiger partial charge in [0.05, 0.1) is 17.7 Å². The van der Waals surface area contributed by atoms with Crippen LogP contribution in [0.2, 0.25) is 0 Å². The Morgan fingerprint density at radius 2 is 1.71 bits per heavy atom. The van der Waals surface area contributed by atoms with E-state index < -0.39 is 0 Å². The Kier molecular flexibility index (Phi) is 6.22. The van der Waals surface area contributed by atoms with Crippen LogP contribution < -0.4 is 5.32 Å². The highest BCUT2D eigenvalue weighted by Gasteiger charge is 2.12. The summed E-state index contributed by atoms with van der Waals surface area (Å²) in [5, 5.41) is 3.72. The van der Waals surface area contributed by atoms with E-state index in [1.54, 1.807) is 35.0 Å².